The Labute approximate surface area is 218 Å². The van der Waals surface area contributed by atoms with Crippen LogP contribution in [0.3, 0.4) is 0 Å². The van der Waals surface area contributed by atoms with Gasteiger partial charge in [0, 0.05) is 31.1 Å². The molecule has 2 aromatic carbocycles. The predicted octanol–water partition coefficient (Wildman–Crippen LogP) is 4.72. The Morgan fingerprint density at radius 3 is 2.57 bits per heavy atom. The van der Waals surface area contributed by atoms with Gasteiger partial charge in [0.25, 0.3) is 10.0 Å². The Bertz CT molecular complexity index is 1440. The number of benzene rings is 2. The molecule has 1 aliphatic rings. The molecule has 15 heteroatoms. The van der Waals surface area contributed by atoms with Gasteiger partial charge in [-0.05, 0) is 30.0 Å². The number of amides is 2. The maximum absolute atomic E-state index is 14.8. The van der Waals surface area contributed by atoms with Crippen molar-refractivity contribution in [2.24, 2.45) is 11.7 Å². The lowest BCUT2D eigenvalue weighted by Crippen LogP contribution is -2.47. The van der Waals surface area contributed by atoms with Crippen LogP contribution in [-0.4, -0.2) is 44.0 Å². The number of nitrogens with zero attached hydrogens (tertiary/aromatic N) is 2. The van der Waals surface area contributed by atoms with Crippen LogP contribution >= 0.6 is 22.9 Å². The quantitative estimate of drug-likeness (QED) is 0.394. The summed E-state index contributed by atoms with van der Waals surface area (Å²) >= 11 is 6.50. The molecule has 1 aromatic heterocycles. The number of nitrogens with two attached hydrogens (primary N) is 1. The van der Waals surface area contributed by atoms with Crippen LogP contribution in [-0.2, 0) is 10.0 Å². The molecule has 3 aromatic rings. The van der Waals surface area contributed by atoms with Crippen molar-refractivity contribution in [3.63, 3.8) is 0 Å². The van der Waals surface area contributed by atoms with E-state index in [1.807, 2.05) is 4.72 Å². The normalized spacial score (nSPS) is 18.0. The van der Waals surface area contributed by atoms with Gasteiger partial charge in [-0.3, -0.25) is 4.72 Å². The fraction of sp³-hybridized carbons (Fsp3) is 0.273. The van der Waals surface area contributed by atoms with Gasteiger partial charge in [-0.2, -0.15) is 0 Å². The Morgan fingerprint density at radius 2 is 1.92 bits per heavy atom. The molecule has 37 heavy (non-hydrogen) atoms. The summed E-state index contributed by atoms with van der Waals surface area (Å²) in [6, 6.07) is 3.76. The number of ether oxygens (including phenoxy) is 1. The number of urea groups is 1. The third-order valence-corrected chi connectivity index (χ3v) is 8.36. The topological polar surface area (TPSA) is 115 Å². The monoisotopic (exact) mass is 578 g/mol. The second kappa shape index (κ2) is 10.7. The van der Waals surface area contributed by atoms with Gasteiger partial charge in [-0.1, -0.05) is 29.0 Å². The van der Waals surface area contributed by atoms with Crippen LogP contribution in [0.15, 0.2) is 41.4 Å². The van der Waals surface area contributed by atoms with E-state index >= 15 is 0 Å². The second-order valence-corrected chi connectivity index (χ2v) is 11.5. The first-order chi connectivity index (χ1) is 17.4. The highest BCUT2D eigenvalue weighted by Crippen LogP contribution is 2.35. The number of piperidine rings is 1. The third kappa shape index (κ3) is 6.08. The van der Waals surface area contributed by atoms with Gasteiger partial charge >= 0.3 is 6.03 Å². The van der Waals surface area contributed by atoms with Gasteiger partial charge in [-0.15, -0.1) is 0 Å². The molecule has 0 saturated carbocycles. The first-order valence-electron chi connectivity index (χ1n) is 10.7. The lowest BCUT2D eigenvalue weighted by molar-refractivity contribution is 0.124. The Kier molecular flexibility index (Phi) is 7.80. The van der Waals surface area contributed by atoms with E-state index in [9.17, 15) is 30.8 Å². The lowest BCUT2D eigenvalue weighted by atomic mass is 9.81. The van der Waals surface area contributed by atoms with Crippen LogP contribution < -0.4 is 15.2 Å². The molecule has 3 N–H and O–H groups in total. The molecule has 0 bridgehead atoms. The molecule has 1 saturated heterocycles. The van der Waals surface area contributed by atoms with E-state index in [1.165, 1.54) is 17.2 Å². The van der Waals surface area contributed by atoms with Crippen LogP contribution in [0.4, 0.5) is 27.5 Å². The molecule has 198 valence electrons. The molecule has 0 aliphatic carbocycles. The Morgan fingerprint density at radius 1 is 1.16 bits per heavy atom. The number of hydrogen-bond acceptors (Lipinski definition) is 6. The molecule has 0 spiro atoms. The van der Waals surface area contributed by atoms with Crippen LogP contribution in [0.25, 0.3) is 0 Å². The third-order valence-electron chi connectivity index (χ3n) is 5.85. The number of nitrogens with one attached hydrogen (secondary N) is 1. The molecule has 4 rings (SSSR count). The number of rotatable bonds is 7. The van der Waals surface area contributed by atoms with E-state index in [4.69, 9.17) is 22.1 Å². The van der Waals surface area contributed by atoms with Crippen LogP contribution in [0.5, 0.6) is 5.75 Å². The standard InChI is InChI=1S/C22H19ClF4N4O4S2/c23-20-8-29-22(36-20)30-37(33,34)19-7-16(26)18(6-17(19)27)35-10-12-9-31(21(28)32)4-3-13(12)11-1-2-14(24)15(25)5-11/h1-2,5-8,12-13H,3-4,9-10H2,(H2,28,32)(H,29,30). The summed E-state index contributed by atoms with van der Waals surface area (Å²) in [6.45, 7) is 0.0595. The largest absolute Gasteiger partial charge is 0.490 e. The molecule has 0 radical (unpaired) electrons. The van der Waals surface area contributed by atoms with Crippen molar-refractivity contribution < 1.29 is 35.5 Å². The minimum atomic E-state index is -4.53. The predicted molar refractivity (Wildman–Crippen MR) is 128 cm³/mol. The SMILES string of the molecule is NC(=O)N1CCC(c2ccc(F)c(F)c2)C(COc2cc(F)c(S(=O)(=O)Nc3ncc(Cl)s3)cc2F)C1. The maximum atomic E-state index is 14.8. The summed E-state index contributed by atoms with van der Waals surface area (Å²) < 4.78 is 89.5. The van der Waals surface area contributed by atoms with Crippen molar-refractivity contribution in [2.75, 3.05) is 24.4 Å². The highest BCUT2D eigenvalue weighted by atomic mass is 35.5. The molecule has 2 unspecified atom stereocenters. The van der Waals surface area contributed by atoms with E-state index in [1.54, 1.807) is 0 Å². The number of halogens is 5. The van der Waals surface area contributed by atoms with Gasteiger partial charge < -0.3 is 15.4 Å². The summed E-state index contributed by atoms with van der Waals surface area (Å²) in [4.78, 5) is 15.8. The summed E-state index contributed by atoms with van der Waals surface area (Å²) in [5.41, 5.74) is 5.82. The molecule has 2 heterocycles. The second-order valence-electron chi connectivity index (χ2n) is 8.21. The molecule has 2 amide bonds. The molecule has 8 nitrogen and oxygen atoms in total. The van der Waals surface area contributed by atoms with Crippen molar-refractivity contribution in [1.82, 2.24) is 9.88 Å². The van der Waals surface area contributed by atoms with E-state index < -0.39 is 61.8 Å². The average molecular weight is 579 g/mol. The fourth-order valence-electron chi connectivity index (χ4n) is 4.08. The van der Waals surface area contributed by atoms with Crippen molar-refractivity contribution in [1.29, 1.82) is 0 Å². The number of anilines is 1. The van der Waals surface area contributed by atoms with Crippen molar-refractivity contribution in [2.45, 2.75) is 17.2 Å². The summed E-state index contributed by atoms with van der Waals surface area (Å²) in [5, 5.41) is -0.135. The lowest BCUT2D eigenvalue weighted by Gasteiger charge is -2.38. The number of primary amides is 1. The zero-order valence-electron chi connectivity index (χ0n) is 18.8. The number of carbonyl (C=O) groups is 1. The average Bonchev–Trinajstić information content (AvgIpc) is 3.24. The fourth-order valence-corrected chi connectivity index (χ4v) is 6.20. The number of likely N-dealkylation sites (tertiary alicyclic amines) is 1. The van der Waals surface area contributed by atoms with Crippen molar-refractivity contribution in [3.8, 4) is 5.75 Å². The van der Waals surface area contributed by atoms with Gasteiger partial charge in [-0.25, -0.2) is 35.8 Å². The minimum absolute atomic E-state index is 0.0653. The summed E-state index contributed by atoms with van der Waals surface area (Å²) in [5.74, 6) is -6.05. The molecule has 1 fully saturated rings. The summed E-state index contributed by atoms with van der Waals surface area (Å²) in [6.07, 6.45) is 1.53. The molecular formula is C22H19ClF4N4O4S2. The number of aromatic nitrogens is 1. The van der Waals surface area contributed by atoms with Gasteiger partial charge in [0.15, 0.2) is 28.3 Å². The van der Waals surface area contributed by atoms with E-state index in [0.29, 0.717) is 24.1 Å². The molecule has 1 aliphatic heterocycles. The van der Waals surface area contributed by atoms with E-state index in [2.05, 4.69) is 4.98 Å². The van der Waals surface area contributed by atoms with Gasteiger partial charge in [0.2, 0.25) is 0 Å². The Balaban J connectivity index is 1.55. The number of carbonyl (C=O) groups excluding carboxylic acids is 1. The smallest absolute Gasteiger partial charge is 0.314 e. The van der Waals surface area contributed by atoms with E-state index in [-0.39, 0.29) is 29.2 Å². The number of hydrogen-bond donors (Lipinski definition) is 2. The first kappa shape index (κ1) is 26.9. The number of sulfonamides is 1. The molecular weight excluding hydrogens is 560 g/mol. The van der Waals surface area contributed by atoms with Crippen molar-refractivity contribution in [3.05, 3.63) is 69.7 Å². The van der Waals surface area contributed by atoms with Crippen LogP contribution in [0.1, 0.15) is 17.9 Å². The highest BCUT2D eigenvalue weighted by Gasteiger charge is 2.33. The number of thiazole rings is 1. The van der Waals surface area contributed by atoms with Gasteiger partial charge in [0.1, 0.15) is 15.0 Å². The summed E-state index contributed by atoms with van der Waals surface area (Å²) in [7, 11) is -4.53. The molecule has 2 atom stereocenters. The van der Waals surface area contributed by atoms with Crippen LogP contribution in [0, 0.1) is 29.2 Å². The van der Waals surface area contributed by atoms with Crippen LogP contribution in [0.2, 0.25) is 4.34 Å². The van der Waals surface area contributed by atoms with Crippen molar-refractivity contribution >= 4 is 44.1 Å². The van der Waals surface area contributed by atoms with E-state index in [0.717, 1.165) is 23.5 Å². The first-order valence-corrected chi connectivity index (χ1v) is 13.4. The zero-order chi connectivity index (χ0) is 26.9. The highest BCUT2D eigenvalue weighted by molar-refractivity contribution is 7.93. The minimum Gasteiger partial charge on any atom is -0.490 e. The maximum Gasteiger partial charge on any atom is 0.314 e. The van der Waals surface area contributed by atoms with Gasteiger partial charge in [0.05, 0.1) is 12.8 Å². The Hall–Kier alpha value is -3.10. The zero-order valence-corrected chi connectivity index (χ0v) is 21.1.